The molecule has 1 aliphatic heterocycles. The number of ether oxygens (including phenoxy) is 1. The van der Waals surface area contributed by atoms with Crippen molar-refractivity contribution in [2.24, 2.45) is 0 Å². The number of benzene rings is 1. The molecule has 2 rings (SSSR count). The number of esters is 1. The Balaban J connectivity index is 2.56. The molecule has 0 aromatic heterocycles. The standard InChI is InChI=1S/C13H9F6NO2/c1-20-9(7-8-5-3-2-4-6-8)10(21)22-11(20,12(14,15)16)13(17,18)19/h2-7H,1H3/b9-7-. The zero-order valence-electron chi connectivity index (χ0n) is 11.0. The van der Waals surface area contributed by atoms with Crippen LogP contribution in [0.25, 0.3) is 6.08 Å². The summed E-state index contributed by atoms with van der Waals surface area (Å²) in [5, 5.41) is 0. The van der Waals surface area contributed by atoms with Gasteiger partial charge >= 0.3 is 24.0 Å². The van der Waals surface area contributed by atoms with E-state index in [2.05, 4.69) is 4.74 Å². The molecule has 0 radical (unpaired) electrons. The molecule has 0 saturated carbocycles. The quantitative estimate of drug-likeness (QED) is 0.451. The summed E-state index contributed by atoms with van der Waals surface area (Å²) in [4.78, 5) is 11.3. The van der Waals surface area contributed by atoms with Crippen LogP contribution in [0.5, 0.6) is 0 Å². The topological polar surface area (TPSA) is 29.5 Å². The molecule has 1 aliphatic rings. The highest BCUT2D eigenvalue weighted by Gasteiger charge is 2.80. The predicted molar refractivity (Wildman–Crippen MR) is 63.1 cm³/mol. The van der Waals surface area contributed by atoms with Crippen molar-refractivity contribution in [2.75, 3.05) is 7.05 Å². The molecule has 1 heterocycles. The number of carbonyl (C=O) groups excluding carboxylic acids is 1. The fourth-order valence-corrected chi connectivity index (χ4v) is 2.08. The van der Waals surface area contributed by atoms with Gasteiger partial charge in [0, 0.05) is 7.05 Å². The number of carbonyl (C=O) groups is 1. The third-order valence-corrected chi connectivity index (χ3v) is 3.15. The normalized spacial score (nSPS) is 20.4. The van der Waals surface area contributed by atoms with Crippen LogP contribution in [0.3, 0.4) is 0 Å². The molecule has 0 N–H and O–H groups in total. The van der Waals surface area contributed by atoms with E-state index in [-0.39, 0.29) is 10.5 Å². The van der Waals surface area contributed by atoms with Gasteiger partial charge in [-0.2, -0.15) is 26.3 Å². The summed E-state index contributed by atoms with van der Waals surface area (Å²) < 4.78 is 81.6. The lowest BCUT2D eigenvalue weighted by Crippen LogP contribution is -2.64. The molecule has 1 aromatic rings. The van der Waals surface area contributed by atoms with Gasteiger partial charge in [-0.05, 0) is 11.6 Å². The second kappa shape index (κ2) is 4.92. The molecule has 0 atom stereocenters. The van der Waals surface area contributed by atoms with Crippen LogP contribution in [-0.2, 0) is 9.53 Å². The first kappa shape index (κ1) is 16.2. The molecule has 1 saturated heterocycles. The molecule has 3 nitrogen and oxygen atoms in total. The first-order valence-electron chi connectivity index (χ1n) is 5.88. The van der Waals surface area contributed by atoms with E-state index in [9.17, 15) is 31.1 Å². The minimum Gasteiger partial charge on any atom is -0.416 e. The summed E-state index contributed by atoms with van der Waals surface area (Å²) in [5.41, 5.74) is -5.25. The van der Waals surface area contributed by atoms with E-state index in [0.717, 1.165) is 6.08 Å². The summed E-state index contributed by atoms with van der Waals surface area (Å²) in [5.74, 6) is -1.69. The second-order valence-electron chi connectivity index (χ2n) is 4.53. The van der Waals surface area contributed by atoms with Crippen molar-refractivity contribution >= 4 is 12.0 Å². The largest absolute Gasteiger partial charge is 0.458 e. The van der Waals surface area contributed by atoms with Gasteiger partial charge in [0.25, 0.3) is 0 Å². The predicted octanol–water partition coefficient (Wildman–Crippen LogP) is 3.34. The minimum atomic E-state index is -5.85. The van der Waals surface area contributed by atoms with Crippen LogP contribution < -0.4 is 0 Å². The summed E-state index contributed by atoms with van der Waals surface area (Å²) in [6.07, 6.45) is -10.8. The smallest absolute Gasteiger partial charge is 0.416 e. The van der Waals surface area contributed by atoms with Gasteiger partial charge in [-0.1, -0.05) is 30.3 Å². The maximum absolute atomic E-state index is 13.0. The third-order valence-electron chi connectivity index (χ3n) is 3.15. The summed E-state index contributed by atoms with van der Waals surface area (Å²) in [6, 6.07) is 7.50. The van der Waals surface area contributed by atoms with Crippen LogP contribution in [0.2, 0.25) is 0 Å². The van der Waals surface area contributed by atoms with Gasteiger partial charge in [-0.3, -0.25) is 0 Å². The van der Waals surface area contributed by atoms with E-state index in [4.69, 9.17) is 0 Å². The highest BCUT2D eigenvalue weighted by Crippen LogP contribution is 2.52. The molecule has 9 heteroatoms. The Morgan fingerprint density at radius 1 is 1.05 bits per heavy atom. The number of rotatable bonds is 1. The lowest BCUT2D eigenvalue weighted by atomic mass is 10.1. The Hall–Kier alpha value is -2.19. The summed E-state index contributed by atoms with van der Waals surface area (Å²) in [7, 11) is 0.515. The lowest BCUT2D eigenvalue weighted by Gasteiger charge is -2.36. The number of likely N-dealkylation sites (N-methyl/N-ethyl adjacent to an activating group) is 1. The van der Waals surface area contributed by atoms with Crippen LogP contribution in [0, 0.1) is 0 Å². The molecule has 0 amide bonds. The van der Waals surface area contributed by atoms with Crippen LogP contribution >= 0.6 is 0 Å². The van der Waals surface area contributed by atoms with Crippen LogP contribution in [0.1, 0.15) is 5.56 Å². The van der Waals surface area contributed by atoms with E-state index in [1.807, 2.05) is 0 Å². The third kappa shape index (κ3) is 2.30. The zero-order chi connectivity index (χ0) is 16.8. The van der Waals surface area contributed by atoms with Crippen molar-refractivity contribution in [2.45, 2.75) is 18.1 Å². The van der Waals surface area contributed by atoms with Gasteiger partial charge < -0.3 is 9.64 Å². The van der Waals surface area contributed by atoms with Gasteiger partial charge in [-0.25, -0.2) is 4.79 Å². The molecule has 22 heavy (non-hydrogen) atoms. The van der Waals surface area contributed by atoms with Crippen molar-refractivity contribution in [1.29, 1.82) is 0 Å². The molecule has 0 aliphatic carbocycles. The Labute approximate surface area is 120 Å². The maximum Gasteiger partial charge on any atom is 0.458 e. The molecule has 0 bridgehead atoms. The van der Waals surface area contributed by atoms with E-state index in [1.165, 1.54) is 24.3 Å². The van der Waals surface area contributed by atoms with Crippen molar-refractivity contribution in [3.63, 3.8) is 0 Å². The Morgan fingerprint density at radius 2 is 1.55 bits per heavy atom. The average molecular weight is 325 g/mol. The molecule has 120 valence electrons. The van der Waals surface area contributed by atoms with Crippen molar-refractivity contribution < 1.29 is 35.9 Å². The van der Waals surface area contributed by atoms with E-state index >= 15 is 0 Å². The fourth-order valence-electron chi connectivity index (χ4n) is 2.08. The number of hydrogen-bond donors (Lipinski definition) is 0. The zero-order valence-corrected chi connectivity index (χ0v) is 11.0. The SMILES string of the molecule is CN1/C(=C\c2ccccc2)C(=O)OC1(C(F)(F)F)C(F)(F)F. The van der Waals surface area contributed by atoms with E-state index in [1.54, 1.807) is 6.07 Å². The average Bonchev–Trinajstić information content (AvgIpc) is 2.64. The second-order valence-corrected chi connectivity index (χ2v) is 4.53. The fraction of sp³-hybridized carbons (Fsp3) is 0.308. The van der Waals surface area contributed by atoms with E-state index < -0.39 is 29.7 Å². The number of nitrogens with zero attached hydrogens (tertiary/aromatic N) is 1. The Kier molecular flexibility index (Phi) is 3.62. The first-order valence-corrected chi connectivity index (χ1v) is 5.88. The minimum absolute atomic E-state index is 0.234. The van der Waals surface area contributed by atoms with Gasteiger partial charge in [0.2, 0.25) is 0 Å². The molecule has 1 aromatic carbocycles. The van der Waals surface area contributed by atoms with Crippen LogP contribution in [-0.4, -0.2) is 36.0 Å². The van der Waals surface area contributed by atoms with Crippen molar-refractivity contribution in [1.82, 2.24) is 4.90 Å². The van der Waals surface area contributed by atoms with E-state index in [0.29, 0.717) is 7.05 Å². The lowest BCUT2D eigenvalue weighted by molar-refractivity contribution is -0.395. The number of hydrogen-bond acceptors (Lipinski definition) is 3. The van der Waals surface area contributed by atoms with Gasteiger partial charge in [-0.15, -0.1) is 0 Å². The van der Waals surface area contributed by atoms with Crippen molar-refractivity contribution in [3.05, 3.63) is 41.6 Å². The van der Waals surface area contributed by atoms with Gasteiger partial charge in [0.1, 0.15) is 5.70 Å². The Bertz CT molecular complexity index is 591. The molecule has 0 unspecified atom stereocenters. The first-order chi connectivity index (χ1) is 10.0. The highest BCUT2D eigenvalue weighted by molar-refractivity contribution is 5.95. The molecule has 1 fully saturated rings. The molecular weight excluding hydrogens is 316 g/mol. The van der Waals surface area contributed by atoms with Gasteiger partial charge in [0.15, 0.2) is 0 Å². The van der Waals surface area contributed by atoms with Gasteiger partial charge in [0.05, 0.1) is 0 Å². The molecule has 0 spiro atoms. The summed E-state index contributed by atoms with van der Waals surface area (Å²) in [6.45, 7) is 0. The Morgan fingerprint density at radius 3 is 1.95 bits per heavy atom. The number of halogens is 6. The van der Waals surface area contributed by atoms with Crippen molar-refractivity contribution in [3.8, 4) is 0 Å². The monoisotopic (exact) mass is 325 g/mol. The van der Waals surface area contributed by atoms with Crippen LogP contribution in [0.15, 0.2) is 36.0 Å². The van der Waals surface area contributed by atoms with Crippen LogP contribution in [0.4, 0.5) is 26.3 Å². The number of alkyl halides is 6. The number of cyclic esters (lactones) is 1. The maximum atomic E-state index is 13.0. The molecular formula is C13H9F6NO2. The summed E-state index contributed by atoms with van der Waals surface area (Å²) >= 11 is 0. The highest BCUT2D eigenvalue weighted by atomic mass is 19.4.